The number of carbonyl (C=O) groups is 2. The van der Waals surface area contributed by atoms with Gasteiger partial charge in [-0.2, -0.15) is 5.10 Å². The number of aromatic nitrogens is 3. The molecule has 2 N–H and O–H groups in total. The summed E-state index contributed by atoms with van der Waals surface area (Å²) in [6, 6.07) is 17.0. The highest BCUT2D eigenvalue weighted by atomic mass is 19.1. The number of benzene rings is 2. The van der Waals surface area contributed by atoms with E-state index in [9.17, 15) is 18.8 Å². The van der Waals surface area contributed by atoms with Crippen molar-refractivity contribution >= 4 is 17.5 Å². The molecule has 0 radical (unpaired) electrons. The molecule has 3 heterocycles. The molecule has 2 fully saturated rings. The zero-order valence-corrected chi connectivity index (χ0v) is 20.8. The van der Waals surface area contributed by atoms with Crippen LogP contribution in [0, 0.1) is 5.82 Å². The van der Waals surface area contributed by atoms with E-state index in [1.54, 1.807) is 23.2 Å². The van der Waals surface area contributed by atoms with Crippen molar-refractivity contribution in [3.8, 4) is 0 Å². The molecule has 2 aromatic heterocycles. The Kier molecular flexibility index (Phi) is 6.27. The molecular formula is C29H28FN5O3. The minimum atomic E-state index is -0.634. The second-order valence-electron chi connectivity index (χ2n) is 10.1. The number of aromatic amines is 1. The zero-order valence-electron chi connectivity index (χ0n) is 20.8. The number of carbonyl (C=O) groups excluding carboxylic acids is 2. The van der Waals surface area contributed by atoms with E-state index in [1.807, 2.05) is 42.5 Å². The maximum Gasteiger partial charge on any atom is 0.347 e. The standard InChI is InChI=1S/C29H28FN5O3/c30-23-16-20(12-13-22(23)18-10-11-18)26(19-6-2-1-3-7-19)31-28(37)24-9-5-14-34(24)25(36)17-21-8-4-15-35-27(21)32-33-29(35)38/h1-4,6-8,12-13,15-16,18,24,26H,5,9-11,14,17H2,(H,31,37)(H,33,38)/t24-,26-/m0/s1. The van der Waals surface area contributed by atoms with E-state index in [-0.39, 0.29) is 35.7 Å². The van der Waals surface area contributed by atoms with Crippen LogP contribution in [0.4, 0.5) is 4.39 Å². The average Bonchev–Trinajstić information content (AvgIpc) is 3.51. The molecule has 9 heteroatoms. The molecule has 2 aromatic carbocycles. The Bertz CT molecular complexity index is 1560. The lowest BCUT2D eigenvalue weighted by molar-refractivity contribution is -0.138. The second-order valence-corrected chi connectivity index (χ2v) is 10.1. The van der Waals surface area contributed by atoms with Gasteiger partial charge in [-0.15, -0.1) is 0 Å². The van der Waals surface area contributed by atoms with Crippen LogP contribution in [0.1, 0.15) is 59.9 Å². The summed E-state index contributed by atoms with van der Waals surface area (Å²) in [5.74, 6) is -0.435. The molecule has 2 atom stereocenters. The van der Waals surface area contributed by atoms with Crippen LogP contribution in [0.2, 0.25) is 0 Å². The van der Waals surface area contributed by atoms with Crippen LogP contribution in [0.15, 0.2) is 71.7 Å². The molecule has 1 saturated carbocycles. The molecule has 0 bridgehead atoms. The predicted molar refractivity (Wildman–Crippen MR) is 139 cm³/mol. The third-order valence-corrected chi connectivity index (χ3v) is 7.54. The summed E-state index contributed by atoms with van der Waals surface area (Å²) >= 11 is 0. The number of amides is 2. The van der Waals surface area contributed by atoms with Gasteiger partial charge in [-0.1, -0.05) is 48.5 Å². The predicted octanol–water partition coefficient (Wildman–Crippen LogP) is 3.48. The third kappa shape index (κ3) is 4.60. The molecule has 4 aromatic rings. The fourth-order valence-electron chi connectivity index (χ4n) is 5.42. The van der Waals surface area contributed by atoms with Crippen molar-refractivity contribution in [2.45, 2.75) is 50.1 Å². The largest absolute Gasteiger partial charge is 0.347 e. The lowest BCUT2D eigenvalue weighted by atomic mass is 9.96. The third-order valence-electron chi connectivity index (χ3n) is 7.54. The molecule has 8 nitrogen and oxygen atoms in total. The highest BCUT2D eigenvalue weighted by molar-refractivity contribution is 5.90. The van der Waals surface area contributed by atoms with Gasteiger partial charge in [-0.25, -0.2) is 14.3 Å². The van der Waals surface area contributed by atoms with Gasteiger partial charge < -0.3 is 10.2 Å². The summed E-state index contributed by atoms with van der Waals surface area (Å²) in [6.45, 7) is 0.466. The molecule has 0 unspecified atom stereocenters. The number of halogens is 1. The fourth-order valence-corrected chi connectivity index (χ4v) is 5.42. The Balaban J connectivity index is 1.23. The van der Waals surface area contributed by atoms with E-state index in [1.165, 1.54) is 10.5 Å². The summed E-state index contributed by atoms with van der Waals surface area (Å²) in [5, 5.41) is 9.53. The van der Waals surface area contributed by atoms with E-state index in [2.05, 4.69) is 15.5 Å². The number of fused-ring (bicyclic) bond motifs is 1. The lowest BCUT2D eigenvalue weighted by Gasteiger charge is -2.27. The number of H-pyrrole nitrogens is 1. The minimum absolute atomic E-state index is 0.0222. The molecular weight excluding hydrogens is 485 g/mol. The van der Waals surface area contributed by atoms with Crippen molar-refractivity contribution in [3.05, 3.63) is 105 Å². The quantitative estimate of drug-likeness (QED) is 0.395. The van der Waals surface area contributed by atoms with Crippen molar-refractivity contribution in [2.75, 3.05) is 6.54 Å². The summed E-state index contributed by atoms with van der Waals surface area (Å²) in [5.41, 5.74) is 2.86. The van der Waals surface area contributed by atoms with Crippen LogP contribution >= 0.6 is 0 Å². The number of rotatable bonds is 7. The van der Waals surface area contributed by atoms with Gasteiger partial charge >= 0.3 is 5.69 Å². The van der Waals surface area contributed by atoms with E-state index < -0.39 is 12.1 Å². The first-order chi connectivity index (χ1) is 18.5. The van der Waals surface area contributed by atoms with Gasteiger partial charge in [-0.3, -0.25) is 14.0 Å². The molecule has 0 spiro atoms. The number of hydrogen-bond acceptors (Lipinski definition) is 4. The lowest BCUT2D eigenvalue weighted by Crippen LogP contribution is -2.47. The van der Waals surface area contributed by atoms with Gasteiger partial charge in [0, 0.05) is 18.3 Å². The van der Waals surface area contributed by atoms with Gasteiger partial charge in [0.15, 0.2) is 5.65 Å². The molecule has 2 aliphatic rings. The van der Waals surface area contributed by atoms with Crippen molar-refractivity contribution in [2.24, 2.45) is 0 Å². The first-order valence-electron chi connectivity index (χ1n) is 13.0. The van der Waals surface area contributed by atoms with Gasteiger partial charge in [-0.05, 0) is 60.4 Å². The maximum absolute atomic E-state index is 14.9. The highest BCUT2D eigenvalue weighted by Crippen LogP contribution is 2.42. The first kappa shape index (κ1) is 24.1. The fraction of sp³-hybridized carbons (Fsp3) is 0.310. The molecule has 1 aliphatic carbocycles. The van der Waals surface area contributed by atoms with Crippen molar-refractivity contribution < 1.29 is 14.0 Å². The molecule has 1 saturated heterocycles. The normalized spacial score (nSPS) is 18.0. The van der Waals surface area contributed by atoms with E-state index in [4.69, 9.17) is 0 Å². The first-order valence-corrected chi connectivity index (χ1v) is 13.0. The average molecular weight is 514 g/mol. The Labute approximate surface area is 218 Å². The van der Waals surface area contributed by atoms with Crippen LogP contribution in [0.25, 0.3) is 5.65 Å². The van der Waals surface area contributed by atoms with Gasteiger partial charge in [0.05, 0.1) is 12.5 Å². The van der Waals surface area contributed by atoms with Gasteiger partial charge in [0.25, 0.3) is 0 Å². The Hall–Kier alpha value is -4.27. The zero-order chi connectivity index (χ0) is 26.2. The number of nitrogens with one attached hydrogen (secondary N) is 2. The summed E-state index contributed by atoms with van der Waals surface area (Å²) in [7, 11) is 0. The number of likely N-dealkylation sites (tertiary alicyclic amines) is 1. The summed E-state index contributed by atoms with van der Waals surface area (Å²) in [4.78, 5) is 40.4. The van der Waals surface area contributed by atoms with Gasteiger partial charge in [0.1, 0.15) is 11.9 Å². The van der Waals surface area contributed by atoms with Crippen molar-refractivity contribution in [1.82, 2.24) is 24.8 Å². The number of hydrogen-bond donors (Lipinski definition) is 2. The molecule has 194 valence electrons. The summed E-state index contributed by atoms with van der Waals surface area (Å²) < 4.78 is 16.3. The van der Waals surface area contributed by atoms with Crippen LogP contribution in [0.3, 0.4) is 0 Å². The van der Waals surface area contributed by atoms with Crippen LogP contribution < -0.4 is 11.0 Å². The maximum atomic E-state index is 14.9. The van der Waals surface area contributed by atoms with E-state index >= 15 is 0 Å². The monoisotopic (exact) mass is 513 g/mol. The summed E-state index contributed by atoms with van der Waals surface area (Å²) in [6.07, 6.45) is 4.87. The molecule has 6 rings (SSSR count). The number of nitrogens with zero attached hydrogens (tertiary/aromatic N) is 3. The topological polar surface area (TPSA) is 99.6 Å². The highest BCUT2D eigenvalue weighted by Gasteiger charge is 2.36. The van der Waals surface area contributed by atoms with Crippen molar-refractivity contribution in [1.29, 1.82) is 0 Å². The molecule has 2 amide bonds. The van der Waals surface area contributed by atoms with Crippen LogP contribution in [0.5, 0.6) is 0 Å². The Morgan fingerprint density at radius 2 is 1.87 bits per heavy atom. The van der Waals surface area contributed by atoms with E-state index in [0.717, 1.165) is 24.0 Å². The van der Waals surface area contributed by atoms with Gasteiger partial charge in [0.2, 0.25) is 11.8 Å². The minimum Gasteiger partial charge on any atom is -0.343 e. The Morgan fingerprint density at radius 1 is 1.05 bits per heavy atom. The van der Waals surface area contributed by atoms with E-state index in [0.29, 0.717) is 36.2 Å². The number of pyridine rings is 1. The molecule has 38 heavy (non-hydrogen) atoms. The SMILES string of the molecule is O=C(N[C@@H](c1ccccc1)c1ccc(C2CC2)c(F)c1)[C@@H]1CCCN1C(=O)Cc1cccn2c(=O)[nH]nc12. The van der Waals surface area contributed by atoms with Crippen molar-refractivity contribution in [3.63, 3.8) is 0 Å². The second kappa shape index (κ2) is 9.89. The smallest absolute Gasteiger partial charge is 0.343 e. The Morgan fingerprint density at radius 3 is 2.63 bits per heavy atom. The molecule has 1 aliphatic heterocycles. The van der Waals surface area contributed by atoms with Crippen LogP contribution in [-0.2, 0) is 16.0 Å². The van der Waals surface area contributed by atoms with Crippen LogP contribution in [-0.4, -0.2) is 43.9 Å².